The number of H-pyrrole nitrogens is 1. The monoisotopic (exact) mass is 479 g/mol. The van der Waals surface area contributed by atoms with Crippen molar-refractivity contribution >= 4 is 40.2 Å². The summed E-state index contributed by atoms with van der Waals surface area (Å²) in [6, 6.07) is 8.54. The SMILES string of the molecule is C[C@@H]1CN(C(=O)c2ccnc(Nc3nc4cc(Nc5ccc(F)c(F)c5)ncc4[nH]3)c2)C[C@H](C)O1. The molecule has 35 heavy (non-hydrogen) atoms. The van der Waals surface area contributed by atoms with Crippen LogP contribution < -0.4 is 10.6 Å². The van der Waals surface area contributed by atoms with Crippen LogP contribution in [-0.2, 0) is 4.74 Å². The number of carbonyl (C=O) groups excluding carboxylic acids is 1. The summed E-state index contributed by atoms with van der Waals surface area (Å²) in [5.41, 5.74) is 2.13. The molecule has 3 N–H and O–H groups in total. The van der Waals surface area contributed by atoms with Crippen molar-refractivity contribution in [2.75, 3.05) is 23.7 Å². The van der Waals surface area contributed by atoms with Gasteiger partial charge in [-0.25, -0.2) is 23.7 Å². The Hall–Kier alpha value is -4.12. The number of aromatic amines is 1. The first-order chi connectivity index (χ1) is 16.8. The molecule has 4 heterocycles. The molecule has 1 saturated heterocycles. The van der Waals surface area contributed by atoms with Gasteiger partial charge >= 0.3 is 0 Å². The lowest BCUT2D eigenvalue weighted by Gasteiger charge is -2.35. The number of amides is 1. The lowest BCUT2D eigenvalue weighted by Crippen LogP contribution is -2.48. The van der Waals surface area contributed by atoms with Crippen LogP contribution in [-0.4, -0.2) is 56.0 Å². The number of carbonyl (C=O) groups is 1. The summed E-state index contributed by atoms with van der Waals surface area (Å²) in [7, 11) is 0. The number of anilines is 4. The number of hydrogen-bond donors (Lipinski definition) is 3. The van der Waals surface area contributed by atoms with E-state index in [1.165, 1.54) is 6.07 Å². The molecule has 0 bridgehead atoms. The molecule has 0 radical (unpaired) electrons. The van der Waals surface area contributed by atoms with E-state index in [2.05, 4.69) is 30.6 Å². The summed E-state index contributed by atoms with van der Waals surface area (Å²) >= 11 is 0. The number of benzene rings is 1. The molecule has 2 atom stereocenters. The standard InChI is InChI=1S/C24H23F2N7O2/c1-13-11-33(12-14(2)35-13)23(34)15-5-6-27-21(7-15)32-24-30-19-9-22(28-10-20(19)31-24)29-16-3-4-17(25)18(26)8-16/h3-10,13-14H,11-12H2,1-2H3,(H,28,29)(H2,27,30,31,32)/t13-,14+. The maximum atomic E-state index is 13.5. The molecule has 9 nitrogen and oxygen atoms in total. The van der Waals surface area contributed by atoms with Crippen molar-refractivity contribution in [3.8, 4) is 0 Å². The molecule has 0 saturated carbocycles. The highest BCUT2D eigenvalue weighted by Gasteiger charge is 2.26. The maximum absolute atomic E-state index is 13.5. The Kier molecular flexibility index (Phi) is 6.00. The Balaban J connectivity index is 1.31. The van der Waals surface area contributed by atoms with Gasteiger partial charge in [0.2, 0.25) is 5.95 Å². The normalized spacial score (nSPS) is 18.0. The van der Waals surface area contributed by atoms with E-state index in [0.717, 1.165) is 12.1 Å². The first kappa shape index (κ1) is 22.7. The number of halogens is 2. The molecule has 1 fully saturated rings. The molecule has 0 aliphatic carbocycles. The largest absolute Gasteiger partial charge is 0.372 e. The van der Waals surface area contributed by atoms with Gasteiger partial charge in [-0.15, -0.1) is 0 Å². The third-order valence-corrected chi connectivity index (χ3v) is 5.52. The summed E-state index contributed by atoms with van der Waals surface area (Å²) < 4.78 is 32.3. The molecule has 1 aromatic carbocycles. The van der Waals surface area contributed by atoms with Crippen molar-refractivity contribution in [2.24, 2.45) is 0 Å². The minimum absolute atomic E-state index is 0.0206. The van der Waals surface area contributed by atoms with Gasteiger partial charge in [0.05, 0.1) is 29.4 Å². The second-order valence-electron chi connectivity index (χ2n) is 8.45. The lowest BCUT2D eigenvalue weighted by molar-refractivity contribution is -0.0586. The molecule has 5 rings (SSSR count). The van der Waals surface area contributed by atoms with E-state index in [1.54, 1.807) is 35.5 Å². The molecule has 1 aliphatic rings. The molecule has 0 spiro atoms. The van der Waals surface area contributed by atoms with Gasteiger partial charge in [-0.2, -0.15) is 0 Å². The highest BCUT2D eigenvalue weighted by molar-refractivity contribution is 5.95. The van der Waals surface area contributed by atoms with E-state index in [4.69, 9.17) is 4.74 Å². The van der Waals surface area contributed by atoms with Crippen LogP contribution in [0.4, 0.5) is 32.1 Å². The van der Waals surface area contributed by atoms with Crippen molar-refractivity contribution in [1.82, 2.24) is 24.8 Å². The van der Waals surface area contributed by atoms with Crippen LogP contribution >= 0.6 is 0 Å². The Morgan fingerprint density at radius 2 is 1.80 bits per heavy atom. The fourth-order valence-electron chi connectivity index (χ4n) is 4.04. The molecule has 11 heteroatoms. The van der Waals surface area contributed by atoms with Gasteiger partial charge in [0, 0.05) is 42.7 Å². The number of aromatic nitrogens is 4. The molecule has 1 amide bonds. The quantitative estimate of drug-likeness (QED) is 0.390. The minimum Gasteiger partial charge on any atom is -0.372 e. The van der Waals surface area contributed by atoms with Crippen molar-refractivity contribution in [2.45, 2.75) is 26.1 Å². The van der Waals surface area contributed by atoms with Crippen molar-refractivity contribution in [1.29, 1.82) is 0 Å². The van der Waals surface area contributed by atoms with E-state index in [-0.39, 0.29) is 18.1 Å². The van der Waals surface area contributed by atoms with Gasteiger partial charge in [0.25, 0.3) is 5.91 Å². The van der Waals surface area contributed by atoms with Crippen LogP contribution in [0.2, 0.25) is 0 Å². The fraction of sp³-hybridized carbons (Fsp3) is 0.250. The summed E-state index contributed by atoms with van der Waals surface area (Å²) in [5, 5.41) is 6.00. The van der Waals surface area contributed by atoms with Crippen LogP contribution in [0.5, 0.6) is 0 Å². The van der Waals surface area contributed by atoms with Crippen LogP contribution in [0.3, 0.4) is 0 Å². The number of nitrogens with zero attached hydrogens (tertiary/aromatic N) is 4. The Labute approximate surface area is 199 Å². The smallest absolute Gasteiger partial charge is 0.254 e. The molecular weight excluding hydrogens is 456 g/mol. The topological polar surface area (TPSA) is 108 Å². The van der Waals surface area contributed by atoms with E-state index in [1.807, 2.05) is 13.8 Å². The van der Waals surface area contributed by atoms with Gasteiger partial charge in [0.1, 0.15) is 11.6 Å². The summed E-state index contributed by atoms with van der Waals surface area (Å²) in [6.07, 6.45) is 3.10. The van der Waals surface area contributed by atoms with Gasteiger partial charge in [-0.05, 0) is 38.1 Å². The third-order valence-electron chi connectivity index (χ3n) is 5.52. The van der Waals surface area contributed by atoms with Gasteiger partial charge < -0.3 is 25.3 Å². The number of rotatable bonds is 5. The van der Waals surface area contributed by atoms with Gasteiger partial charge in [0.15, 0.2) is 11.6 Å². The third kappa shape index (κ3) is 5.04. The van der Waals surface area contributed by atoms with Crippen molar-refractivity contribution < 1.29 is 18.3 Å². The zero-order chi connectivity index (χ0) is 24.5. The Morgan fingerprint density at radius 3 is 2.57 bits per heavy atom. The van der Waals surface area contributed by atoms with Crippen molar-refractivity contribution in [3.05, 3.63) is 66.0 Å². The van der Waals surface area contributed by atoms with Crippen LogP contribution in [0.25, 0.3) is 11.0 Å². The number of fused-ring (bicyclic) bond motifs is 1. The van der Waals surface area contributed by atoms with Crippen LogP contribution in [0.15, 0.2) is 48.8 Å². The second kappa shape index (κ2) is 9.26. The lowest BCUT2D eigenvalue weighted by atomic mass is 10.1. The number of nitrogens with one attached hydrogen (secondary N) is 3. The van der Waals surface area contributed by atoms with E-state index in [0.29, 0.717) is 53.0 Å². The summed E-state index contributed by atoms with van der Waals surface area (Å²) in [5.74, 6) is -0.668. The highest BCUT2D eigenvalue weighted by Crippen LogP contribution is 2.23. The predicted molar refractivity (Wildman–Crippen MR) is 127 cm³/mol. The predicted octanol–water partition coefficient (Wildman–Crippen LogP) is 4.37. The molecule has 0 unspecified atom stereocenters. The Bertz CT molecular complexity index is 1380. The average molecular weight is 479 g/mol. The highest BCUT2D eigenvalue weighted by atomic mass is 19.2. The van der Waals surface area contributed by atoms with Crippen LogP contribution in [0, 0.1) is 11.6 Å². The molecular formula is C24H23F2N7O2. The number of pyridine rings is 2. The number of ether oxygens (including phenoxy) is 1. The summed E-state index contributed by atoms with van der Waals surface area (Å²) in [6.45, 7) is 4.97. The van der Waals surface area contributed by atoms with E-state index >= 15 is 0 Å². The van der Waals surface area contributed by atoms with Crippen molar-refractivity contribution in [3.63, 3.8) is 0 Å². The van der Waals surface area contributed by atoms with Gasteiger partial charge in [-0.3, -0.25) is 4.79 Å². The zero-order valence-corrected chi connectivity index (χ0v) is 19.0. The number of hydrogen-bond acceptors (Lipinski definition) is 7. The maximum Gasteiger partial charge on any atom is 0.254 e. The Morgan fingerprint density at radius 1 is 1.03 bits per heavy atom. The second-order valence-corrected chi connectivity index (χ2v) is 8.45. The van der Waals surface area contributed by atoms with E-state index < -0.39 is 11.6 Å². The van der Waals surface area contributed by atoms with Gasteiger partial charge in [-0.1, -0.05) is 0 Å². The zero-order valence-electron chi connectivity index (χ0n) is 19.0. The van der Waals surface area contributed by atoms with Crippen LogP contribution in [0.1, 0.15) is 24.2 Å². The molecule has 1 aliphatic heterocycles. The molecule has 4 aromatic rings. The first-order valence-corrected chi connectivity index (χ1v) is 11.1. The fourth-order valence-corrected chi connectivity index (χ4v) is 4.04. The average Bonchev–Trinajstić information content (AvgIpc) is 3.22. The summed E-state index contributed by atoms with van der Waals surface area (Å²) in [4.78, 5) is 30.9. The molecule has 180 valence electrons. The molecule has 3 aromatic heterocycles. The number of imidazole rings is 1. The van der Waals surface area contributed by atoms with E-state index in [9.17, 15) is 13.6 Å². The minimum atomic E-state index is -0.951. The first-order valence-electron chi connectivity index (χ1n) is 11.1. The number of morpholine rings is 1.